The Morgan fingerprint density at radius 2 is 2.00 bits per heavy atom. The average molecular weight is 312 g/mol. The lowest BCUT2D eigenvalue weighted by atomic mass is 10.00. The number of rotatable bonds is 7. The Morgan fingerprint density at radius 3 is 2.60 bits per heavy atom. The van der Waals surface area contributed by atoms with Crippen LogP contribution in [0.4, 0.5) is 17.6 Å². The van der Waals surface area contributed by atoms with Gasteiger partial charge in [-0.05, 0) is 44.0 Å². The summed E-state index contributed by atoms with van der Waals surface area (Å²) in [6.07, 6.45) is -4.05. The normalized spacial score (nSPS) is 13.5. The Morgan fingerprint density at radius 1 is 1.30 bits per heavy atom. The molecule has 1 aromatic carbocycles. The molecule has 0 amide bonds. The number of nitrogens with one attached hydrogen (secondary N) is 1. The molecule has 114 valence electrons. The Balaban J connectivity index is 2.75. The highest BCUT2D eigenvalue weighted by Gasteiger charge is 2.27. The van der Waals surface area contributed by atoms with Crippen LogP contribution < -0.4 is 5.32 Å². The van der Waals surface area contributed by atoms with Crippen molar-refractivity contribution in [2.24, 2.45) is 0 Å². The molecule has 0 aliphatic carbocycles. The highest BCUT2D eigenvalue weighted by molar-refractivity contribution is 6.30. The molecule has 0 aliphatic rings. The highest BCUT2D eigenvalue weighted by Crippen LogP contribution is 2.28. The third-order valence-electron chi connectivity index (χ3n) is 2.93. The molecule has 0 aromatic heterocycles. The molecule has 1 aromatic rings. The molecule has 0 heterocycles. The minimum atomic E-state index is -4.18. The van der Waals surface area contributed by atoms with Crippen molar-refractivity contribution >= 4 is 11.6 Å². The van der Waals surface area contributed by atoms with Gasteiger partial charge in [-0.3, -0.25) is 0 Å². The zero-order valence-electron chi connectivity index (χ0n) is 11.2. The Kier molecular flexibility index (Phi) is 6.76. The third kappa shape index (κ3) is 6.09. The van der Waals surface area contributed by atoms with Crippen LogP contribution in [-0.4, -0.2) is 12.7 Å². The second-order valence-electron chi connectivity index (χ2n) is 4.68. The van der Waals surface area contributed by atoms with Gasteiger partial charge in [-0.25, -0.2) is 4.39 Å². The summed E-state index contributed by atoms with van der Waals surface area (Å²) in [5, 5.41) is 3.45. The fourth-order valence-corrected chi connectivity index (χ4v) is 2.15. The lowest BCUT2D eigenvalue weighted by Crippen LogP contribution is -2.23. The summed E-state index contributed by atoms with van der Waals surface area (Å²) < 4.78 is 50.4. The van der Waals surface area contributed by atoms with E-state index >= 15 is 0 Å². The van der Waals surface area contributed by atoms with Crippen molar-refractivity contribution in [1.82, 2.24) is 5.32 Å². The predicted octanol–water partition coefficient (Wildman–Crippen LogP) is 5.25. The maximum Gasteiger partial charge on any atom is 0.389 e. The lowest BCUT2D eigenvalue weighted by molar-refractivity contribution is -0.135. The van der Waals surface area contributed by atoms with Crippen LogP contribution in [0, 0.1) is 5.82 Å². The maximum atomic E-state index is 13.8. The fraction of sp³-hybridized carbons (Fsp3) is 0.571. The SMILES string of the molecule is CCCNC(CCCC(F)(F)F)c1cc(Cl)ccc1F. The van der Waals surface area contributed by atoms with Crippen LogP contribution in [0.3, 0.4) is 0 Å². The van der Waals surface area contributed by atoms with Crippen molar-refractivity contribution in [3.05, 3.63) is 34.6 Å². The third-order valence-corrected chi connectivity index (χ3v) is 3.16. The van der Waals surface area contributed by atoms with Crippen molar-refractivity contribution in [2.75, 3.05) is 6.54 Å². The smallest absolute Gasteiger partial charge is 0.310 e. The summed E-state index contributed by atoms with van der Waals surface area (Å²) in [4.78, 5) is 0. The van der Waals surface area contributed by atoms with Crippen LogP contribution in [0.1, 0.15) is 44.2 Å². The molecule has 1 nitrogen and oxygen atoms in total. The zero-order chi connectivity index (χ0) is 15.2. The molecule has 6 heteroatoms. The number of hydrogen-bond acceptors (Lipinski definition) is 1. The monoisotopic (exact) mass is 311 g/mol. The van der Waals surface area contributed by atoms with Gasteiger partial charge in [0.15, 0.2) is 0 Å². The number of halogens is 5. The summed E-state index contributed by atoms with van der Waals surface area (Å²) in [6.45, 7) is 2.55. The topological polar surface area (TPSA) is 12.0 Å². The van der Waals surface area contributed by atoms with E-state index in [1.54, 1.807) is 0 Å². The molecule has 0 radical (unpaired) electrons. The average Bonchev–Trinajstić information content (AvgIpc) is 2.35. The van der Waals surface area contributed by atoms with Crippen LogP contribution in [-0.2, 0) is 0 Å². The standard InChI is InChI=1S/C14H18ClF4N/c1-2-8-20-13(4-3-7-14(17,18)19)11-9-10(15)5-6-12(11)16/h5-6,9,13,20H,2-4,7-8H2,1H3. The summed E-state index contributed by atoms with van der Waals surface area (Å²) >= 11 is 5.83. The lowest BCUT2D eigenvalue weighted by Gasteiger charge is -2.20. The van der Waals surface area contributed by atoms with E-state index < -0.39 is 24.5 Å². The molecule has 0 spiro atoms. The van der Waals surface area contributed by atoms with Gasteiger partial charge in [0, 0.05) is 23.0 Å². The van der Waals surface area contributed by atoms with Gasteiger partial charge in [0.1, 0.15) is 5.82 Å². The van der Waals surface area contributed by atoms with Crippen LogP contribution in [0.2, 0.25) is 5.02 Å². The highest BCUT2D eigenvalue weighted by atomic mass is 35.5. The minimum Gasteiger partial charge on any atom is -0.310 e. The fourth-order valence-electron chi connectivity index (χ4n) is 1.97. The Bertz CT molecular complexity index is 420. The van der Waals surface area contributed by atoms with E-state index in [1.807, 2.05) is 6.92 Å². The molecule has 1 unspecified atom stereocenters. The van der Waals surface area contributed by atoms with Crippen LogP contribution in [0.15, 0.2) is 18.2 Å². The maximum absolute atomic E-state index is 13.8. The summed E-state index contributed by atoms with van der Waals surface area (Å²) in [7, 11) is 0. The zero-order valence-corrected chi connectivity index (χ0v) is 12.0. The second-order valence-corrected chi connectivity index (χ2v) is 5.12. The Hall–Kier alpha value is -0.810. The van der Waals surface area contributed by atoms with Crippen molar-refractivity contribution in [2.45, 2.75) is 44.8 Å². The van der Waals surface area contributed by atoms with Crippen LogP contribution in [0.25, 0.3) is 0 Å². The Labute approximate surface area is 121 Å². The second kappa shape index (κ2) is 7.84. The molecule has 1 rings (SSSR count). The number of alkyl halides is 3. The first-order valence-corrected chi connectivity index (χ1v) is 6.96. The van der Waals surface area contributed by atoms with E-state index in [4.69, 9.17) is 11.6 Å². The van der Waals surface area contributed by atoms with Crippen LogP contribution >= 0.6 is 11.6 Å². The van der Waals surface area contributed by atoms with Crippen molar-refractivity contribution in [1.29, 1.82) is 0 Å². The van der Waals surface area contributed by atoms with Gasteiger partial charge in [0.2, 0.25) is 0 Å². The largest absolute Gasteiger partial charge is 0.389 e. The first kappa shape index (κ1) is 17.2. The molecule has 20 heavy (non-hydrogen) atoms. The molecule has 0 fully saturated rings. The molecule has 0 aliphatic heterocycles. The summed E-state index contributed by atoms with van der Waals surface area (Å²) in [5.41, 5.74) is 0.327. The van der Waals surface area contributed by atoms with Gasteiger partial charge in [0.05, 0.1) is 0 Å². The van der Waals surface area contributed by atoms with E-state index in [0.29, 0.717) is 17.1 Å². The van der Waals surface area contributed by atoms with Crippen molar-refractivity contribution < 1.29 is 17.6 Å². The molecule has 0 saturated heterocycles. The molecule has 0 saturated carbocycles. The van der Waals surface area contributed by atoms with Gasteiger partial charge < -0.3 is 5.32 Å². The van der Waals surface area contributed by atoms with E-state index in [1.165, 1.54) is 18.2 Å². The molecule has 1 N–H and O–H groups in total. The van der Waals surface area contributed by atoms with Gasteiger partial charge in [-0.15, -0.1) is 0 Å². The molecular weight excluding hydrogens is 294 g/mol. The van der Waals surface area contributed by atoms with Gasteiger partial charge in [0.25, 0.3) is 0 Å². The summed E-state index contributed by atoms with van der Waals surface area (Å²) in [6, 6.07) is 3.68. The number of hydrogen-bond donors (Lipinski definition) is 1. The number of benzene rings is 1. The van der Waals surface area contributed by atoms with Crippen molar-refractivity contribution in [3.63, 3.8) is 0 Å². The predicted molar refractivity (Wildman–Crippen MR) is 72.4 cm³/mol. The van der Waals surface area contributed by atoms with E-state index in [-0.39, 0.29) is 12.8 Å². The first-order valence-electron chi connectivity index (χ1n) is 6.58. The van der Waals surface area contributed by atoms with Gasteiger partial charge in [-0.2, -0.15) is 13.2 Å². The van der Waals surface area contributed by atoms with Gasteiger partial charge >= 0.3 is 6.18 Å². The molecule has 1 atom stereocenters. The molecule has 0 bridgehead atoms. The van der Waals surface area contributed by atoms with Gasteiger partial charge in [-0.1, -0.05) is 18.5 Å². The van der Waals surface area contributed by atoms with Crippen molar-refractivity contribution in [3.8, 4) is 0 Å². The minimum absolute atomic E-state index is 0.0448. The van der Waals surface area contributed by atoms with Crippen LogP contribution in [0.5, 0.6) is 0 Å². The van der Waals surface area contributed by atoms with E-state index in [9.17, 15) is 17.6 Å². The van der Waals surface area contributed by atoms with E-state index in [0.717, 1.165) is 6.42 Å². The summed E-state index contributed by atoms with van der Waals surface area (Å²) in [5.74, 6) is -0.449. The first-order chi connectivity index (χ1) is 9.33. The van der Waals surface area contributed by atoms with E-state index in [2.05, 4.69) is 5.32 Å². The quantitative estimate of drug-likeness (QED) is 0.678. The molecular formula is C14H18ClF4N.